The predicted molar refractivity (Wildman–Crippen MR) is 79.6 cm³/mol. The van der Waals surface area contributed by atoms with E-state index in [1.165, 1.54) is 19.1 Å². The third-order valence-electron chi connectivity index (χ3n) is 2.74. The monoisotopic (exact) mass is 364 g/mol. The Morgan fingerprint density at radius 2 is 1.78 bits per heavy atom. The van der Waals surface area contributed by atoms with Crippen LogP contribution in [0.25, 0.3) is 10.6 Å². The lowest BCUT2D eigenvalue weighted by Gasteiger charge is -2.06. The van der Waals surface area contributed by atoms with E-state index in [1.807, 2.05) is 4.72 Å². The number of thiazole rings is 1. The summed E-state index contributed by atoms with van der Waals surface area (Å²) in [6, 6.07) is 4.34. The molecule has 5 nitrogen and oxygen atoms in total. The molecule has 1 heterocycles. The molecule has 0 aliphatic heterocycles. The van der Waals surface area contributed by atoms with Crippen LogP contribution in [0.4, 0.5) is 13.2 Å². The maximum atomic E-state index is 12.5. The highest BCUT2D eigenvalue weighted by atomic mass is 32.2. The number of aromatic nitrogens is 1. The number of amides is 1. The number of alkyl halides is 3. The average Bonchev–Trinajstić information content (AvgIpc) is 2.78. The van der Waals surface area contributed by atoms with Crippen molar-refractivity contribution in [2.75, 3.05) is 6.26 Å². The van der Waals surface area contributed by atoms with Crippen LogP contribution >= 0.6 is 11.3 Å². The lowest BCUT2D eigenvalue weighted by Crippen LogP contribution is -2.29. The van der Waals surface area contributed by atoms with Gasteiger partial charge in [0.05, 0.1) is 17.5 Å². The van der Waals surface area contributed by atoms with Gasteiger partial charge in [-0.3, -0.25) is 4.79 Å². The Morgan fingerprint density at radius 3 is 2.26 bits per heavy atom. The van der Waals surface area contributed by atoms with E-state index >= 15 is 0 Å². The molecule has 124 valence electrons. The summed E-state index contributed by atoms with van der Waals surface area (Å²) in [6.45, 7) is 1.52. The van der Waals surface area contributed by atoms with Gasteiger partial charge in [-0.1, -0.05) is 12.1 Å². The zero-order chi connectivity index (χ0) is 17.4. The largest absolute Gasteiger partial charge is 0.416 e. The number of nitrogens with one attached hydrogen (secondary N) is 1. The van der Waals surface area contributed by atoms with Gasteiger partial charge in [-0.05, 0) is 19.1 Å². The van der Waals surface area contributed by atoms with Crippen LogP contribution in [0, 0.1) is 6.92 Å². The molecule has 0 fully saturated rings. The van der Waals surface area contributed by atoms with E-state index in [9.17, 15) is 26.4 Å². The number of sulfonamides is 1. The molecule has 0 unspecified atom stereocenters. The minimum atomic E-state index is -4.43. The summed E-state index contributed by atoms with van der Waals surface area (Å²) in [4.78, 5) is 16.0. The second-order valence-corrected chi connectivity index (χ2v) is 7.46. The minimum Gasteiger partial charge on any atom is -0.267 e. The molecule has 2 aromatic rings. The fourth-order valence-corrected chi connectivity index (χ4v) is 3.22. The number of carbonyl (C=O) groups excluding carboxylic acids is 1. The Morgan fingerprint density at radius 1 is 1.22 bits per heavy atom. The highest BCUT2D eigenvalue weighted by Crippen LogP contribution is 2.32. The van der Waals surface area contributed by atoms with Crippen molar-refractivity contribution in [3.8, 4) is 10.6 Å². The van der Waals surface area contributed by atoms with Crippen molar-refractivity contribution in [2.45, 2.75) is 13.1 Å². The number of hydrogen-bond acceptors (Lipinski definition) is 5. The van der Waals surface area contributed by atoms with Gasteiger partial charge in [0, 0.05) is 5.56 Å². The van der Waals surface area contributed by atoms with Gasteiger partial charge in [0.2, 0.25) is 10.0 Å². The zero-order valence-electron chi connectivity index (χ0n) is 11.9. The molecule has 0 spiro atoms. The van der Waals surface area contributed by atoms with E-state index in [1.54, 1.807) is 0 Å². The van der Waals surface area contributed by atoms with Gasteiger partial charge in [0.1, 0.15) is 9.88 Å². The SMILES string of the molecule is Cc1nc(-c2ccc(C(F)(F)F)cc2)sc1C(=O)NS(C)(=O)=O. The van der Waals surface area contributed by atoms with Gasteiger partial charge in [-0.2, -0.15) is 13.2 Å². The molecule has 0 radical (unpaired) electrons. The maximum Gasteiger partial charge on any atom is 0.416 e. The second kappa shape index (κ2) is 5.93. The molecule has 1 aromatic carbocycles. The van der Waals surface area contributed by atoms with E-state index < -0.39 is 27.7 Å². The predicted octanol–water partition coefficient (Wildman–Crippen LogP) is 2.83. The summed E-state index contributed by atoms with van der Waals surface area (Å²) in [5.74, 6) is -0.819. The van der Waals surface area contributed by atoms with Gasteiger partial charge in [-0.25, -0.2) is 18.1 Å². The van der Waals surface area contributed by atoms with Crippen LogP contribution in [-0.2, 0) is 16.2 Å². The Hall–Kier alpha value is -1.94. The Kier molecular flexibility index (Phi) is 4.49. The van der Waals surface area contributed by atoms with E-state index in [-0.39, 0.29) is 4.88 Å². The Balaban J connectivity index is 2.32. The molecular weight excluding hydrogens is 353 g/mol. The number of nitrogens with zero attached hydrogens (tertiary/aromatic N) is 1. The van der Waals surface area contributed by atoms with E-state index in [0.717, 1.165) is 29.7 Å². The number of carbonyl (C=O) groups is 1. The third kappa shape index (κ3) is 4.29. The summed E-state index contributed by atoms with van der Waals surface area (Å²) >= 11 is 0.906. The number of rotatable bonds is 3. The molecule has 1 aromatic heterocycles. The van der Waals surface area contributed by atoms with Crippen LogP contribution in [0.1, 0.15) is 20.9 Å². The highest BCUT2D eigenvalue weighted by molar-refractivity contribution is 7.89. The molecule has 1 amide bonds. The van der Waals surface area contributed by atoms with Crippen molar-refractivity contribution in [1.29, 1.82) is 0 Å². The van der Waals surface area contributed by atoms with Crippen LogP contribution in [-0.4, -0.2) is 25.6 Å². The van der Waals surface area contributed by atoms with Crippen LogP contribution < -0.4 is 4.72 Å². The standard InChI is InChI=1S/C13H11F3N2O3S2/c1-7-10(11(19)18-23(2,20)21)22-12(17-7)8-3-5-9(6-4-8)13(14,15)16/h3-6H,1-2H3,(H,18,19). The van der Waals surface area contributed by atoms with Crippen LogP contribution in [0.5, 0.6) is 0 Å². The lowest BCUT2D eigenvalue weighted by atomic mass is 10.1. The van der Waals surface area contributed by atoms with Crippen LogP contribution in [0.15, 0.2) is 24.3 Å². The maximum absolute atomic E-state index is 12.5. The van der Waals surface area contributed by atoms with Gasteiger partial charge in [0.25, 0.3) is 5.91 Å². The first kappa shape index (κ1) is 17.4. The summed E-state index contributed by atoms with van der Waals surface area (Å²) in [6.07, 6.45) is -3.59. The molecule has 10 heteroatoms. The number of hydrogen-bond donors (Lipinski definition) is 1. The molecule has 1 N–H and O–H groups in total. The lowest BCUT2D eigenvalue weighted by molar-refractivity contribution is -0.137. The summed E-state index contributed by atoms with van der Waals surface area (Å²) in [5.41, 5.74) is -0.0832. The van der Waals surface area contributed by atoms with Crippen molar-refractivity contribution in [2.24, 2.45) is 0 Å². The number of aryl methyl sites for hydroxylation is 1. The normalized spacial score (nSPS) is 12.2. The molecule has 0 bridgehead atoms. The fourth-order valence-electron chi connectivity index (χ4n) is 1.75. The second-order valence-electron chi connectivity index (χ2n) is 4.71. The van der Waals surface area contributed by atoms with Crippen molar-refractivity contribution in [3.05, 3.63) is 40.4 Å². The van der Waals surface area contributed by atoms with E-state index in [2.05, 4.69) is 4.98 Å². The van der Waals surface area contributed by atoms with E-state index in [4.69, 9.17) is 0 Å². The first-order chi connectivity index (χ1) is 10.5. The third-order valence-corrected chi connectivity index (χ3v) is 4.50. The summed E-state index contributed by atoms with van der Waals surface area (Å²) in [7, 11) is -3.71. The summed E-state index contributed by atoms with van der Waals surface area (Å²) < 4.78 is 61.6. The molecule has 0 saturated heterocycles. The van der Waals surface area contributed by atoms with Crippen molar-refractivity contribution in [3.63, 3.8) is 0 Å². The van der Waals surface area contributed by atoms with Gasteiger partial charge in [-0.15, -0.1) is 11.3 Å². The van der Waals surface area contributed by atoms with Crippen molar-refractivity contribution < 1.29 is 26.4 Å². The number of benzene rings is 1. The molecular formula is C13H11F3N2O3S2. The molecule has 23 heavy (non-hydrogen) atoms. The van der Waals surface area contributed by atoms with Crippen molar-refractivity contribution >= 4 is 27.3 Å². The van der Waals surface area contributed by atoms with Crippen LogP contribution in [0.3, 0.4) is 0 Å². The van der Waals surface area contributed by atoms with Gasteiger partial charge in [0.15, 0.2) is 0 Å². The van der Waals surface area contributed by atoms with Gasteiger partial charge >= 0.3 is 6.18 Å². The highest BCUT2D eigenvalue weighted by Gasteiger charge is 2.30. The van der Waals surface area contributed by atoms with Crippen LogP contribution in [0.2, 0.25) is 0 Å². The van der Waals surface area contributed by atoms with E-state index in [0.29, 0.717) is 16.3 Å². The zero-order valence-corrected chi connectivity index (χ0v) is 13.6. The molecule has 2 rings (SSSR count). The number of halogens is 3. The Labute approximate surface area is 134 Å². The molecule has 0 saturated carbocycles. The smallest absolute Gasteiger partial charge is 0.267 e. The molecule has 0 atom stereocenters. The average molecular weight is 364 g/mol. The molecule has 0 aliphatic rings. The topological polar surface area (TPSA) is 76.1 Å². The Bertz CT molecular complexity index is 840. The fraction of sp³-hybridized carbons (Fsp3) is 0.231. The first-order valence-electron chi connectivity index (χ1n) is 6.14. The summed E-state index contributed by atoms with van der Waals surface area (Å²) in [5, 5.41) is 0.329. The quantitative estimate of drug-likeness (QED) is 0.909. The molecule has 0 aliphatic carbocycles. The minimum absolute atomic E-state index is 0.0883. The first-order valence-corrected chi connectivity index (χ1v) is 8.85. The van der Waals surface area contributed by atoms with Gasteiger partial charge < -0.3 is 0 Å². The van der Waals surface area contributed by atoms with Crippen molar-refractivity contribution in [1.82, 2.24) is 9.71 Å².